The Kier molecular flexibility index (Phi) is 2.84. The van der Waals surface area contributed by atoms with Crippen molar-refractivity contribution in [3.8, 4) is 0 Å². The van der Waals surface area contributed by atoms with Crippen LogP contribution in [0.15, 0.2) is 0 Å². The summed E-state index contributed by atoms with van der Waals surface area (Å²) in [5.41, 5.74) is 0. The number of rotatable bonds is 1. The zero-order valence-corrected chi connectivity index (χ0v) is 6.73. The standard InChI is InChI=1S/C7H14O4/c1-4(8)7-6(9)5(2)10-3-11-7/h4-9H,3H2,1-2H3. The van der Waals surface area contributed by atoms with Gasteiger partial charge in [0, 0.05) is 0 Å². The summed E-state index contributed by atoms with van der Waals surface area (Å²) in [6.07, 6.45) is -2.16. The first kappa shape index (κ1) is 8.93. The molecule has 1 aliphatic heterocycles. The molecule has 0 aromatic carbocycles. The first-order chi connectivity index (χ1) is 5.13. The number of hydrogen-bond acceptors (Lipinski definition) is 4. The summed E-state index contributed by atoms with van der Waals surface area (Å²) in [6, 6.07) is 0. The van der Waals surface area contributed by atoms with E-state index in [4.69, 9.17) is 14.6 Å². The normalized spacial score (nSPS) is 42.0. The Morgan fingerprint density at radius 3 is 2.55 bits per heavy atom. The molecule has 1 saturated heterocycles. The zero-order valence-electron chi connectivity index (χ0n) is 6.73. The summed E-state index contributed by atoms with van der Waals surface area (Å²) in [5, 5.41) is 18.5. The second-order valence-electron chi connectivity index (χ2n) is 2.85. The Morgan fingerprint density at radius 2 is 2.09 bits per heavy atom. The maximum absolute atomic E-state index is 9.40. The summed E-state index contributed by atoms with van der Waals surface area (Å²) < 4.78 is 9.99. The Bertz CT molecular complexity index is 126. The Morgan fingerprint density at radius 1 is 1.45 bits per heavy atom. The second-order valence-corrected chi connectivity index (χ2v) is 2.85. The molecule has 0 saturated carbocycles. The SMILES string of the molecule is CC(O)C1OCOC(C)C1O. The minimum absolute atomic E-state index is 0.147. The fourth-order valence-corrected chi connectivity index (χ4v) is 1.11. The third-order valence-electron chi connectivity index (χ3n) is 1.88. The number of aliphatic hydroxyl groups is 2. The molecule has 2 N–H and O–H groups in total. The average molecular weight is 162 g/mol. The van der Waals surface area contributed by atoms with Crippen molar-refractivity contribution in [1.29, 1.82) is 0 Å². The molecular weight excluding hydrogens is 148 g/mol. The molecule has 0 spiro atoms. The van der Waals surface area contributed by atoms with Gasteiger partial charge in [0.1, 0.15) is 19.0 Å². The summed E-state index contributed by atoms with van der Waals surface area (Å²) in [6.45, 7) is 3.49. The molecule has 4 unspecified atom stereocenters. The topological polar surface area (TPSA) is 58.9 Å². The van der Waals surface area contributed by atoms with Gasteiger partial charge in [-0.25, -0.2) is 0 Å². The summed E-state index contributed by atoms with van der Waals surface area (Å²) in [7, 11) is 0. The van der Waals surface area contributed by atoms with Gasteiger partial charge in [0.2, 0.25) is 0 Å². The van der Waals surface area contributed by atoms with Gasteiger partial charge < -0.3 is 19.7 Å². The van der Waals surface area contributed by atoms with E-state index in [0.717, 1.165) is 0 Å². The van der Waals surface area contributed by atoms with Crippen LogP contribution in [0.25, 0.3) is 0 Å². The fourth-order valence-electron chi connectivity index (χ4n) is 1.11. The monoisotopic (exact) mass is 162 g/mol. The second kappa shape index (κ2) is 3.49. The van der Waals surface area contributed by atoms with Gasteiger partial charge in [-0.05, 0) is 13.8 Å². The molecule has 0 aromatic rings. The average Bonchev–Trinajstić information content (AvgIpc) is 1.94. The van der Waals surface area contributed by atoms with Crippen molar-refractivity contribution in [2.75, 3.05) is 6.79 Å². The lowest BCUT2D eigenvalue weighted by Crippen LogP contribution is -2.49. The molecule has 66 valence electrons. The number of hydrogen-bond donors (Lipinski definition) is 2. The zero-order chi connectivity index (χ0) is 8.43. The van der Waals surface area contributed by atoms with E-state index in [0.29, 0.717) is 0 Å². The molecule has 4 nitrogen and oxygen atoms in total. The van der Waals surface area contributed by atoms with E-state index in [1.165, 1.54) is 0 Å². The van der Waals surface area contributed by atoms with Crippen LogP contribution in [0, 0.1) is 0 Å². The van der Waals surface area contributed by atoms with Crippen LogP contribution < -0.4 is 0 Å². The molecule has 0 radical (unpaired) electrons. The van der Waals surface area contributed by atoms with Gasteiger partial charge in [-0.1, -0.05) is 0 Å². The van der Waals surface area contributed by atoms with Crippen molar-refractivity contribution in [2.24, 2.45) is 0 Å². The summed E-state index contributed by atoms with van der Waals surface area (Å²) >= 11 is 0. The van der Waals surface area contributed by atoms with Crippen LogP contribution in [-0.4, -0.2) is 41.4 Å². The van der Waals surface area contributed by atoms with E-state index in [2.05, 4.69) is 0 Å². The van der Waals surface area contributed by atoms with Gasteiger partial charge in [0.05, 0.1) is 12.2 Å². The van der Waals surface area contributed by atoms with Gasteiger partial charge in [0.25, 0.3) is 0 Å². The van der Waals surface area contributed by atoms with Crippen LogP contribution in [0.4, 0.5) is 0 Å². The van der Waals surface area contributed by atoms with Crippen molar-refractivity contribution in [1.82, 2.24) is 0 Å². The fraction of sp³-hybridized carbons (Fsp3) is 1.00. The van der Waals surface area contributed by atoms with Crippen LogP contribution in [-0.2, 0) is 9.47 Å². The Balaban J connectivity index is 2.51. The van der Waals surface area contributed by atoms with E-state index in [-0.39, 0.29) is 12.9 Å². The predicted molar refractivity (Wildman–Crippen MR) is 38.0 cm³/mol. The van der Waals surface area contributed by atoms with E-state index in [1.54, 1.807) is 13.8 Å². The quantitative estimate of drug-likeness (QED) is 0.545. The molecule has 11 heavy (non-hydrogen) atoms. The lowest BCUT2D eigenvalue weighted by molar-refractivity contribution is -0.244. The van der Waals surface area contributed by atoms with Crippen molar-refractivity contribution in [2.45, 2.75) is 38.3 Å². The van der Waals surface area contributed by atoms with E-state index < -0.39 is 18.3 Å². The molecule has 4 atom stereocenters. The molecule has 1 aliphatic rings. The molecule has 0 aliphatic carbocycles. The third-order valence-corrected chi connectivity index (χ3v) is 1.88. The minimum Gasteiger partial charge on any atom is -0.391 e. The van der Waals surface area contributed by atoms with Gasteiger partial charge in [-0.2, -0.15) is 0 Å². The molecule has 1 rings (SSSR count). The molecule has 0 bridgehead atoms. The van der Waals surface area contributed by atoms with E-state index in [1.807, 2.05) is 0 Å². The van der Waals surface area contributed by atoms with E-state index in [9.17, 15) is 5.11 Å². The van der Waals surface area contributed by atoms with Crippen LogP contribution >= 0.6 is 0 Å². The molecule has 1 fully saturated rings. The van der Waals surface area contributed by atoms with Gasteiger partial charge in [-0.15, -0.1) is 0 Å². The molecule has 1 heterocycles. The Labute approximate surface area is 65.7 Å². The lowest BCUT2D eigenvalue weighted by Gasteiger charge is -2.34. The van der Waals surface area contributed by atoms with Crippen molar-refractivity contribution < 1.29 is 19.7 Å². The smallest absolute Gasteiger partial charge is 0.147 e. The highest BCUT2D eigenvalue weighted by molar-refractivity contribution is 4.80. The first-order valence-electron chi connectivity index (χ1n) is 3.72. The van der Waals surface area contributed by atoms with Crippen molar-refractivity contribution in [3.63, 3.8) is 0 Å². The van der Waals surface area contributed by atoms with Gasteiger partial charge in [-0.3, -0.25) is 0 Å². The third kappa shape index (κ3) is 1.90. The minimum atomic E-state index is -0.733. The summed E-state index contributed by atoms with van der Waals surface area (Å²) in [4.78, 5) is 0. The first-order valence-corrected chi connectivity index (χ1v) is 3.72. The molecule has 0 aromatic heterocycles. The van der Waals surface area contributed by atoms with E-state index >= 15 is 0 Å². The van der Waals surface area contributed by atoms with Crippen LogP contribution in [0.1, 0.15) is 13.8 Å². The highest BCUT2D eigenvalue weighted by Gasteiger charge is 2.33. The van der Waals surface area contributed by atoms with Crippen molar-refractivity contribution >= 4 is 0 Å². The highest BCUT2D eigenvalue weighted by Crippen LogP contribution is 2.16. The van der Waals surface area contributed by atoms with Gasteiger partial charge in [0.15, 0.2) is 0 Å². The summed E-state index contributed by atoms with van der Waals surface area (Å²) in [5.74, 6) is 0. The van der Waals surface area contributed by atoms with Crippen LogP contribution in [0.2, 0.25) is 0 Å². The molecular formula is C7H14O4. The van der Waals surface area contributed by atoms with Crippen LogP contribution in [0.3, 0.4) is 0 Å². The largest absolute Gasteiger partial charge is 0.391 e. The molecule has 0 amide bonds. The van der Waals surface area contributed by atoms with Crippen molar-refractivity contribution in [3.05, 3.63) is 0 Å². The maximum Gasteiger partial charge on any atom is 0.147 e. The number of aliphatic hydroxyl groups excluding tert-OH is 2. The van der Waals surface area contributed by atoms with Crippen LogP contribution in [0.5, 0.6) is 0 Å². The Hall–Kier alpha value is -0.160. The maximum atomic E-state index is 9.40. The highest BCUT2D eigenvalue weighted by atomic mass is 16.7. The molecule has 4 heteroatoms. The van der Waals surface area contributed by atoms with Gasteiger partial charge >= 0.3 is 0 Å². The predicted octanol–water partition coefficient (Wildman–Crippen LogP) is -0.510. The lowest BCUT2D eigenvalue weighted by atomic mass is 10.0. The number of ether oxygens (including phenoxy) is 2.